The molecule has 1 unspecified atom stereocenters. The number of fused-ring (bicyclic) bond motifs is 1. The van der Waals surface area contributed by atoms with Crippen LogP contribution in [0.25, 0.3) is 0 Å². The number of benzene rings is 1. The van der Waals surface area contributed by atoms with Crippen LogP contribution in [-0.4, -0.2) is 76.7 Å². The fourth-order valence-corrected chi connectivity index (χ4v) is 5.78. The highest BCUT2D eigenvalue weighted by Gasteiger charge is 2.46. The summed E-state index contributed by atoms with van der Waals surface area (Å²) in [5, 5.41) is 2.38. The van der Waals surface area contributed by atoms with Crippen molar-refractivity contribution in [2.75, 3.05) is 32.7 Å². The van der Waals surface area contributed by atoms with Gasteiger partial charge in [-0.2, -0.15) is 0 Å². The van der Waals surface area contributed by atoms with Crippen molar-refractivity contribution in [1.29, 1.82) is 0 Å². The molecular formula is C23H31N5O3. The third-order valence-corrected chi connectivity index (χ3v) is 7.64. The molecule has 1 aromatic carbocycles. The van der Waals surface area contributed by atoms with Crippen molar-refractivity contribution in [3.05, 3.63) is 34.9 Å². The van der Waals surface area contributed by atoms with E-state index in [0.29, 0.717) is 25.1 Å². The largest absolute Gasteiger partial charge is 0.329 e. The Balaban J connectivity index is 1.35. The van der Waals surface area contributed by atoms with Crippen LogP contribution in [0.4, 0.5) is 0 Å². The third-order valence-electron chi connectivity index (χ3n) is 7.64. The third kappa shape index (κ3) is 3.56. The first-order valence-corrected chi connectivity index (χ1v) is 11.4. The number of nitrogens with zero attached hydrogens (tertiary/aromatic N) is 3. The maximum Gasteiger partial charge on any atom is 0.255 e. The molecule has 1 aliphatic carbocycles. The van der Waals surface area contributed by atoms with Gasteiger partial charge in [-0.3, -0.25) is 29.5 Å². The Morgan fingerprint density at radius 3 is 2.71 bits per heavy atom. The maximum atomic E-state index is 13.1. The quantitative estimate of drug-likeness (QED) is 0.665. The van der Waals surface area contributed by atoms with Crippen LogP contribution >= 0.6 is 0 Å². The second-order valence-electron chi connectivity index (χ2n) is 9.41. The molecular weight excluding hydrogens is 394 g/mol. The average molecular weight is 426 g/mol. The second-order valence-corrected chi connectivity index (χ2v) is 9.41. The molecule has 3 amide bonds. The standard InChI is InChI=1S/C23H31N5O3/c24-9-10-26-11-12-27(23(15-26)7-2-8-23)13-16-3-1-4-17-18(16)14-28(22(17)31)19-5-6-20(29)25-21(19)30/h1,3-4,19H,2,5-15,24H2,(H,25,29,30). The van der Waals surface area contributed by atoms with Crippen molar-refractivity contribution >= 4 is 17.7 Å². The van der Waals surface area contributed by atoms with Crippen molar-refractivity contribution in [2.45, 2.75) is 56.8 Å². The monoisotopic (exact) mass is 425 g/mol. The zero-order valence-corrected chi connectivity index (χ0v) is 17.9. The van der Waals surface area contributed by atoms with Gasteiger partial charge in [-0.1, -0.05) is 12.1 Å². The first kappa shape index (κ1) is 20.6. The van der Waals surface area contributed by atoms with Gasteiger partial charge in [0.25, 0.3) is 5.91 Å². The van der Waals surface area contributed by atoms with Crippen LogP contribution in [0.5, 0.6) is 0 Å². The number of carbonyl (C=O) groups excluding carboxylic acids is 3. The van der Waals surface area contributed by atoms with Crippen molar-refractivity contribution in [2.24, 2.45) is 5.73 Å². The van der Waals surface area contributed by atoms with Gasteiger partial charge in [0.2, 0.25) is 11.8 Å². The van der Waals surface area contributed by atoms with Gasteiger partial charge in [0.05, 0.1) is 0 Å². The molecule has 1 atom stereocenters. The summed E-state index contributed by atoms with van der Waals surface area (Å²) in [7, 11) is 0. The first-order valence-electron chi connectivity index (χ1n) is 11.4. The topological polar surface area (TPSA) is 99.0 Å². The van der Waals surface area contributed by atoms with E-state index in [4.69, 9.17) is 5.73 Å². The van der Waals surface area contributed by atoms with E-state index in [-0.39, 0.29) is 29.7 Å². The van der Waals surface area contributed by atoms with Crippen LogP contribution in [-0.2, 0) is 22.7 Å². The Hall–Kier alpha value is -2.29. The summed E-state index contributed by atoms with van der Waals surface area (Å²) >= 11 is 0. The Kier molecular flexibility index (Phi) is 5.32. The van der Waals surface area contributed by atoms with Gasteiger partial charge in [0, 0.05) is 63.3 Å². The van der Waals surface area contributed by atoms with Gasteiger partial charge in [-0.05, 0) is 42.9 Å². The van der Waals surface area contributed by atoms with Crippen molar-refractivity contribution < 1.29 is 14.4 Å². The summed E-state index contributed by atoms with van der Waals surface area (Å²) in [4.78, 5) is 43.7. The minimum absolute atomic E-state index is 0.0996. The van der Waals surface area contributed by atoms with E-state index in [2.05, 4.69) is 21.2 Å². The summed E-state index contributed by atoms with van der Waals surface area (Å²) in [5.41, 5.74) is 8.94. The molecule has 31 heavy (non-hydrogen) atoms. The van der Waals surface area contributed by atoms with Crippen LogP contribution < -0.4 is 11.1 Å². The number of carbonyl (C=O) groups is 3. The molecule has 5 rings (SSSR count). The number of hydrogen-bond donors (Lipinski definition) is 2. The molecule has 1 aromatic rings. The summed E-state index contributed by atoms with van der Waals surface area (Å²) in [6, 6.07) is 5.38. The maximum absolute atomic E-state index is 13.1. The Morgan fingerprint density at radius 2 is 2.00 bits per heavy atom. The van der Waals surface area contributed by atoms with Gasteiger partial charge < -0.3 is 10.6 Å². The van der Waals surface area contributed by atoms with E-state index in [1.807, 2.05) is 12.1 Å². The van der Waals surface area contributed by atoms with Gasteiger partial charge in [0.15, 0.2) is 0 Å². The predicted molar refractivity (Wildman–Crippen MR) is 115 cm³/mol. The molecule has 8 nitrogen and oxygen atoms in total. The normalized spacial score (nSPS) is 26.2. The molecule has 3 fully saturated rings. The SMILES string of the molecule is NCCN1CCN(Cc2cccc3c2CN(C2CCC(=O)NC2=O)C3=O)C2(CCC2)C1. The molecule has 1 saturated carbocycles. The minimum Gasteiger partial charge on any atom is -0.329 e. The van der Waals surface area contributed by atoms with E-state index < -0.39 is 6.04 Å². The van der Waals surface area contributed by atoms with E-state index in [0.717, 1.165) is 38.3 Å². The molecule has 0 radical (unpaired) electrons. The van der Waals surface area contributed by atoms with Crippen molar-refractivity contribution in [1.82, 2.24) is 20.0 Å². The summed E-state index contributed by atoms with van der Waals surface area (Å²) in [6.07, 6.45) is 4.36. The zero-order valence-electron chi connectivity index (χ0n) is 17.9. The van der Waals surface area contributed by atoms with E-state index in [1.165, 1.54) is 24.8 Å². The fourth-order valence-electron chi connectivity index (χ4n) is 5.78. The number of amides is 3. The fraction of sp³-hybridized carbons (Fsp3) is 0.609. The van der Waals surface area contributed by atoms with Crippen LogP contribution in [0.2, 0.25) is 0 Å². The highest BCUT2D eigenvalue weighted by atomic mass is 16.2. The number of rotatable bonds is 5. The number of piperazine rings is 1. The predicted octanol–water partition coefficient (Wildman–Crippen LogP) is 0.447. The van der Waals surface area contributed by atoms with Crippen LogP contribution in [0.3, 0.4) is 0 Å². The van der Waals surface area contributed by atoms with E-state index >= 15 is 0 Å². The lowest BCUT2D eigenvalue weighted by Gasteiger charge is -2.56. The molecule has 3 heterocycles. The highest BCUT2D eigenvalue weighted by molar-refractivity contribution is 6.05. The number of imide groups is 1. The molecule has 1 spiro atoms. The molecule has 0 bridgehead atoms. The number of piperidine rings is 1. The van der Waals surface area contributed by atoms with Gasteiger partial charge in [-0.15, -0.1) is 0 Å². The lowest BCUT2D eigenvalue weighted by Crippen LogP contribution is -2.65. The Bertz CT molecular complexity index is 912. The average Bonchev–Trinajstić information content (AvgIpc) is 3.06. The summed E-state index contributed by atoms with van der Waals surface area (Å²) in [6.45, 7) is 6.02. The number of hydrogen-bond acceptors (Lipinski definition) is 6. The Morgan fingerprint density at radius 1 is 1.16 bits per heavy atom. The molecule has 0 aromatic heterocycles. The molecule has 8 heteroatoms. The first-order chi connectivity index (χ1) is 15.0. The molecule has 3 N–H and O–H groups in total. The molecule has 166 valence electrons. The molecule has 4 aliphatic rings. The number of nitrogens with one attached hydrogen (secondary N) is 1. The van der Waals surface area contributed by atoms with Gasteiger partial charge in [0.1, 0.15) is 6.04 Å². The Labute approximate surface area is 182 Å². The van der Waals surface area contributed by atoms with Crippen LogP contribution in [0, 0.1) is 0 Å². The minimum atomic E-state index is -0.566. The lowest BCUT2D eigenvalue weighted by molar-refractivity contribution is -0.136. The summed E-state index contributed by atoms with van der Waals surface area (Å²) < 4.78 is 0. The molecule has 2 saturated heterocycles. The number of nitrogens with two attached hydrogens (primary N) is 1. The van der Waals surface area contributed by atoms with E-state index in [1.54, 1.807) is 4.90 Å². The molecule has 3 aliphatic heterocycles. The van der Waals surface area contributed by atoms with Gasteiger partial charge in [-0.25, -0.2) is 0 Å². The summed E-state index contributed by atoms with van der Waals surface area (Å²) in [5.74, 6) is -0.716. The highest BCUT2D eigenvalue weighted by Crippen LogP contribution is 2.42. The van der Waals surface area contributed by atoms with Crippen molar-refractivity contribution in [3.8, 4) is 0 Å². The van der Waals surface area contributed by atoms with Gasteiger partial charge >= 0.3 is 0 Å². The van der Waals surface area contributed by atoms with E-state index in [9.17, 15) is 14.4 Å². The smallest absolute Gasteiger partial charge is 0.255 e. The lowest BCUT2D eigenvalue weighted by atomic mass is 9.73. The van der Waals surface area contributed by atoms with Crippen molar-refractivity contribution in [3.63, 3.8) is 0 Å². The van der Waals surface area contributed by atoms with Crippen LogP contribution in [0.1, 0.15) is 53.6 Å². The van der Waals surface area contributed by atoms with Crippen LogP contribution in [0.15, 0.2) is 18.2 Å². The zero-order chi connectivity index (χ0) is 21.6. The second kappa shape index (κ2) is 8.00.